The normalized spacial score (nSPS) is 11.7. The molecule has 0 aliphatic carbocycles. The van der Waals surface area contributed by atoms with Crippen molar-refractivity contribution in [2.24, 2.45) is 0 Å². The van der Waals surface area contributed by atoms with Crippen molar-refractivity contribution in [3.63, 3.8) is 0 Å². The minimum atomic E-state index is -1.23. The monoisotopic (exact) mass is 414 g/mol. The van der Waals surface area contributed by atoms with Gasteiger partial charge in [0.1, 0.15) is 5.02 Å². The van der Waals surface area contributed by atoms with E-state index in [4.69, 9.17) is 11.6 Å². The van der Waals surface area contributed by atoms with Crippen LogP contribution in [0.25, 0.3) is 0 Å². The smallest absolute Gasteiger partial charge is 0.229 e. The van der Waals surface area contributed by atoms with E-state index in [2.05, 4.69) is 32.3 Å². The highest BCUT2D eigenvalue weighted by Crippen LogP contribution is 2.22. The molecule has 3 rings (SSSR count). The predicted octanol–water partition coefficient (Wildman–Crippen LogP) is 4.47. The lowest BCUT2D eigenvalue weighted by Gasteiger charge is -2.10. The highest BCUT2D eigenvalue weighted by Gasteiger charge is 2.09. The molecule has 0 spiro atoms. The Balaban J connectivity index is 1.68. The van der Waals surface area contributed by atoms with Gasteiger partial charge in [-0.05, 0) is 24.1 Å². The van der Waals surface area contributed by atoms with Gasteiger partial charge in [-0.1, -0.05) is 42.4 Å². The first-order chi connectivity index (χ1) is 13.9. The molecule has 1 unspecified atom stereocenters. The quantitative estimate of drug-likeness (QED) is 0.502. The molecular weight excluding hydrogens is 395 g/mol. The fourth-order valence-corrected chi connectivity index (χ4v) is 2.74. The summed E-state index contributed by atoms with van der Waals surface area (Å²) < 4.78 is 14.5. The largest absolute Gasteiger partial charge is 0.365 e. The van der Waals surface area contributed by atoms with Crippen LogP contribution >= 0.6 is 11.6 Å². The second kappa shape index (κ2) is 9.29. The van der Waals surface area contributed by atoms with Crippen LogP contribution in [-0.2, 0) is 17.8 Å². The molecule has 3 aromatic rings. The number of hydrogen-bond donors (Lipinski definition) is 2. The zero-order chi connectivity index (χ0) is 20.8. The number of alkyl halides is 1. The number of carbonyl (C=O) groups excluding carboxylic acids is 1. The van der Waals surface area contributed by atoms with E-state index >= 15 is 0 Å². The molecular formula is C20H20ClFN6O. The summed E-state index contributed by atoms with van der Waals surface area (Å²) in [5.41, 5.74) is 2.44. The zero-order valence-electron chi connectivity index (χ0n) is 15.8. The molecule has 0 saturated heterocycles. The number of nitrogens with zero attached hydrogens (tertiary/aromatic N) is 4. The van der Waals surface area contributed by atoms with E-state index in [0.717, 1.165) is 11.1 Å². The van der Waals surface area contributed by atoms with Gasteiger partial charge >= 0.3 is 0 Å². The Morgan fingerprint density at radius 3 is 2.90 bits per heavy atom. The van der Waals surface area contributed by atoms with Gasteiger partial charge in [0.05, 0.1) is 24.3 Å². The summed E-state index contributed by atoms with van der Waals surface area (Å²) in [5, 5.41) is 10.4. The van der Waals surface area contributed by atoms with Gasteiger partial charge in [-0.3, -0.25) is 4.79 Å². The number of carbonyl (C=O) groups is 1. The standard InChI is InChI=1S/C20H20ClFN6O/c1-3-17(29)8-14-5-4-6-15(7-14)9-23-19-18(21)11-24-20(27-19)26-16-10-25-28(12-16)13(2)22/h3-7,10-13H,1,8-9H2,2H3,(H2,23,24,26,27). The van der Waals surface area contributed by atoms with Gasteiger partial charge in [-0.25, -0.2) is 14.1 Å². The van der Waals surface area contributed by atoms with Crippen LogP contribution in [0.2, 0.25) is 5.02 Å². The number of rotatable bonds is 9. The summed E-state index contributed by atoms with van der Waals surface area (Å²) >= 11 is 6.19. The first kappa shape index (κ1) is 20.5. The Morgan fingerprint density at radius 1 is 1.38 bits per heavy atom. The van der Waals surface area contributed by atoms with Gasteiger partial charge in [-0.15, -0.1) is 0 Å². The number of anilines is 3. The highest BCUT2D eigenvalue weighted by atomic mass is 35.5. The van der Waals surface area contributed by atoms with Crippen LogP contribution < -0.4 is 10.6 Å². The Hall–Kier alpha value is -3.26. The average Bonchev–Trinajstić information content (AvgIpc) is 3.17. The first-order valence-electron chi connectivity index (χ1n) is 8.89. The van der Waals surface area contributed by atoms with Crippen molar-refractivity contribution in [2.75, 3.05) is 10.6 Å². The van der Waals surface area contributed by atoms with Crippen molar-refractivity contribution in [2.45, 2.75) is 26.2 Å². The maximum Gasteiger partial charge on any atom is 0.229 e. The molecule has 2 heterocycles. The van der Waals surface area contributed by atoms with Crippen LogP contribution in [0.5, 0.6) is 0 Å². The predicted molar refractivity (Wildman–Crippen MR) is 111 cm³/mol. The molecule has 0 aliphatic heterocycles. The Bertz CT molecular complexity index is 1020. The van der Waals surface area contributed by atoms with E-state index in [-0.39, 0.29) is 5.78 Å². The third kappa shape index (κ3) is 5.61. The number of ketones is 1. The lowest BCUT2D eigenvalue weighted by atomic mass is 10.1. The molecule has 0 fully saturated rings. The van der Waals surface area contributed by atoms with Gasteiger partial charge in [0, 0.05) is 13.0 Å². The number of benzene rings is 1. The molecule has 1 atom stereocenters. The zero-order valence-corrected chi connectivity index (χ0v) is 16.5. The van der Waals surface area contributed by atoms with E-state index in [1.54, 1.807) is 0 Å². The van der Waals surface area contributed by atoms with E-state index in [1.165, 1.54) is 36.3 Å². The van der Waals surface area contributed by atoms with Gasteiger partial charge < -0.3 is 10.6 Å². The fourth-order valence-electron chi connectivity index (χ4n) is 2.59. The average molecular weight is 415 g/mol. The minimum Gasteiger partial charge on any atom is -0.365 e. The summed E-state index contributed by atoms with van der Waals surface area (Å²) in [6.07, 6.45) is 4.87. The second-order valence-electron chi connectivity index (χ2n) is 6.32. The Kier molecular flexibility index (Phi) is 6.56. The summed E-state index contributed by atoms with van der Waals surface area (Å²) in [4.78, 5) is 20.0. The number of hydrogen-bond acceptors (Lipinski definition) is 6. The molecule has 2 aromatic heterocycles. The molecule has 0 amide bonds. The van der Waals surface area contributed by atoms with Crippen LogP contribution in [0.4, 0.5) is 21.8 Å². The third-order valence-corrected chi connectivity index (χ3v) is 4.30. The van der Waals surface area contributed by atoms with Crippen LogP contribution in [-0.4, -0.2) is 25.5 Å². The highest BCUT2D eigenvalue weighted by molar-refractivity contribution is 6.32. The number of halogens is 2. The lowest BCUT2D eigenvalue weighted by Crippen LogP contribution is -2.06. The SMILES string of the molecule is C=CC(=O)Cc1cccc(CNc2nc(Nc3cnn(C(C)F)c3)ncc2Cl)c1. The summed E-state index contributed by atoms with van der Waals surface area (Å²) in [6.45, 7) is 5.34. The molecule has 9 heteroatoms. The van der Waals surface area contributed by atoms with Crippen LogP contribution in [0.15, 0.2) is 55.5 Å². The fraction of sp³-hybridized carbons (Fsp3) is 0.200. The molecule has 1 aromatic carbocycles. The number of aromatic nitrogens is 4. The van der Waals surface area contributed by atoms with Crippen molar-refractivity contribution in [3.05, 3.63) is 71.7 Å². The van der Waals surface area contributed by atoms with Crippen LogP contribution in [0.1, 0.15) is 24.3 Å². The molecule has 2 N–H and O–H groups in total. The molecule has 29 heavy (non-hydrogen) atoms. The lowest BCUT2D eigenvalue weighted by molar-refractivity contribution is -0.114. The van der Waals surface area contributed by atoms with Crippen molar-refractivity contribution in [3.8, 4) is 0 Å². The Morgan fingerprint density at radius 2 is 2.17 bits per heavy atom. The van der Waals surface area contributed by atoms with Crippen LogP contribution in [0.3, 0.4) is 0 Å². The minimum absolute atomic E-state index is 0.0323. The number of nitrogens with one attached hydrogen (secondary N) is 2. The van der Waals surface area contributed by atoms with Crippen molar-refractivity contribution >= 4 is 34.8 Å². The molecule has 0 aliphatic rings. The van der Waals surface area contributed by atoms with Crippen molar-refractivity contribution in [1.82, 2.24) is 19.7 Å². The topological polar surface area (TPSA) is 84.7 Å². The molecule has 0 radical (unpaired) electrons. The maximum atomic E-state index is 13.3. The summed E-state index contributed by atoms with van der Waals surface area (Å²) in [6, 6.07) is 7.66. The van der Waals surface area contributed by atoms with E-state index in [0.29, 0.717) is 35.4 Å². The first-order valence-corrected chi connectivity index (χ1v) is 9.27. The van der Waals surface area contributed by atoms with Gasteiger partial charge in [0.25, 0.3) is 0 Å². The molecule has 0 saturated carbocycles. The van der Waals surface area contributed by atoms with E-state index in [9.17, 15) is 9.18 Å². The van der Waals surface area contributed by atoms with Gasteiger partial charge in [0.15, 0.2) is 17.9 Å². The van der Waals surface area contributed by atoms with Crippen molar-refractivity contribution < 1.29 is 9.18 Å². The second-order valence-corrected chi connectivity index (χ2v) is 6.73. The summed E-state index contributed by atoms with van der Waals surface area (Å²) in [5.74, 6) is 0.714. The summed E-state index contributed by atoms with van der Waals surface area (Å²) in [7, 11) is 0. The third-order valence-electron chi connectivity index (χ3n) is 4.02. The van der Waals surface area contributed by atoms with Gasteiger partial charge in [-0.2, -0.15) is 10.1 Å². The Labute approximate surface area is 172 Å². The number of allylic oxidation sites excluding steroid dienone is 1. The van der Waals surface area contributed by atoms with E-state index in [1.807, 2.05) is 24.3 Å². The maximum absolute atomic E-state index is 13.3. The molecule has 0 bridgehead atoms. The molecule has 7 nitrogen and oxygen atoms in total. The van der Waals surface area contributed by atoms with Crippen LogP contribution in [0, 0.1) is 0 Å². The van der Waals surface area contributed by atoms with E-state index < -0.39 is 6.30 Å². The molecule has 150 valence electrons. The van der Waals surface area contributed by atoms with Gasteiger partial charge in [0.2, 0.25) is 5.95 Å². The van der Waals surface area contributed by atoms with Crippen molar-refractivity contribution in [1.29, 1.82) is 0 Å².